The second kappa shape index (κ2) is 7.82. The van der Waals surface area contributed by atoms with Crippen LogP contribution in [-0.4, -0.2) is 32.9 Å². The molecule has 4 rings (SSSR count). The fraction of sp³-hybridized carbons (Fsp3) is 0.364. The quantitative estimate of drug-likeness (QED) is 0.452. The molecule has 0 aromatic carbocycles. The predicted molar refractivity (Wildman–Crippen MR) is 121 cm³/mol. The Kier molecular flexibility index (Phi) is 5.35. The number of likely N-dealkylation sites (N-methyl/N-ethyl adjacent to an activating group) is 1. The predicted octanol–water partition coefficient (Wildman–Crippen LogP) is 3.55. The molecule has 0 unspecified atom stereocenters. The normalized spacial score (nSPS) is 17.9. The molecule has 0 saturated carbocycles. The first-order valence-electron chi connectivity index (χ1n) is 10.00. The average Bonchev–Trinajstić information content (AvgIpc) is 3.21. The molecule has 2 aromatic rings. The lowest BCUT2D eigenvalue weighted by molar-refractivity contribution is -0.128. The zero-order valence-electron chi connectivity index (χ0n) is 17.2. The van der Waals surface area contributed by atoms with Gasteiger partial charge in [0.1, 0.15) is 16.6 Å². The summed E-state index contributed by atoms with van der Waals surface area (Å²) >= 11 is 6.78. The number of hydrogen-bond acceptors (Lipinski definition) is 5. The van der Waals surface area contributed by atoms with Gasteiger partial charge in [0.15, 0.2) is 5.11 Å². The molecule has 8 heteroatoms. The van der Waals surface area contributed by atoms with E-state index in [1.165, 1.54) is 15.3 Å². The van der Waals surface area contributed by atoms with E-state index in [1.54, 1.807) is 17.4 Å². The van der Waals surface area contributed by atoms with Gasteiger partial charge in [-0.1, -0.05) is 0 Å². The third-order valence-electron chi connectivity index (χ3n) is 5.74. The molecular formula is C22H22N4O2S2. The summed E-state index contributed by atoms with van der Waals surface area (Å²) in [4.78, 5) is 27.9. The van der Waals surface area contributed by atoms with Crippen molar-refractivity contribution in [2.24, 2.45) is 0 Å². The van der Waals surface area contributed by atoms with Crippen molar-refractivity contribution < 1.29 is 9.59 Å². The Balaban J connectivity index is 1.81. The minimum absolute atomic E-state index is 0.0664. The summed E-state index contributed by atoms with van der Waals surface area (Å²) in [6.45, 7) is 6.13. The van der Waals surface area contributed by atoms with Gasteiger partial charge in [0.2, 0.25) is 0 Å². The van der Waals surface area contributed by atoms with Gasteiger partial charge in [-0.25, -0.2) is 0 Å². The highest BCUT2D eigenvalue weighted by molar-refractivity contribution is 7.80. The van der Waals surface area contributed by atoms with Gasteiger partial charge in [-0.3, -0.25) is 19.8 Å². The van der Waals surface area contributed by atoms with E-state index in [-0.39, 0.29) is 16.6 Å². The molecule has 1 aliphatic heterocycles. The van der Waals surface area contributed by atoms with E-state index < -0.39 is 5.91 Å². The van der Waals surface area contributed by atoms with Crippen LogP contribution in [0.1, 0.15) is 52.7 Å². The fourth-order valence-electron chi connectivity index (χ4n) is 4.21. The van der Waals surface area contributed by atoms with Crippen molar-refractivity contribution in [1.82, 2.24) is 14.8 Å². The van der Waals surface area contributed by atoms with Gasteiger partial charge in [0.25, 0.3) is 11.8 Å². The lowest BCUT2D eigenvalue weighted by Gasteiger charge is -2.27. The Morgan fingerprint density at radius 1 is 1.30 bits per heavy atom. The molecule has 30 heavy (non-hydrogen) atoms. The zero-order chi connectivity index (χ0) is 21.6. The minimum atomic E-state index is -0.483. The van der Waals surface area contributed by atoms with Crippen LogP contribution >= 0.6 is 23.6 Å². The van der Waals surface area contributed by atoms with E-state index in [4.69, 9.17) is 12.2 Å². The van der Waals surface area contributed by atoms with Crippen LogP contribution in [0.3, 0.4) is 0 Å². The fourth-order valence-corrected chi connectivity index (χ4v) is 5.96. The minimum Gasteiger partial charge on any atom is -0.308 e. The van der Waals surface area contributed by atoms with Gasteiger partial charge in [0.05, 0.1) is 5.56 Å². The summed E-state index contributed by atoms with van der Waals surface area (Å²) in [7, 11) is 0. The third kappa shape index (κ3) is 3.18. The number of carbonyl (C=O) groups excluding carboxylic acids is 2. The van der Waals surface area contributed by atoms with Crippen LogP contribution in [0.15, 0.2) is 11.6 Å². The van der Waals surface area contributed by atoms with Crippen LogP contribution < -0.4 is 5.32 Å². The average molecular weight is 439 g/mol. The van der Waals surface area contributed by atoms with Crippen LogP contribution in [0, 0.1) is 25.2 Å². The summed E-state index contributed by atoms with van der Waals surface area (Å²) in [6.07, 6.45) is 5.87. The molecule has 3 heterocycles. The molecule has 1 fully saturated rings. The second-order valence-electron chi connectivity index (χ2n) is 7.53. The third-order valence-corrected chi connectivity index (χ3v) is 7.34. The van der Waals surface area contributed by atoms with Gasteiger partial charge in [-0.05, 0) is 81.9 Å². The summed E-state index contributed by atoms with van der Waals surface area (Å²) in [5.41, 5.74) is 4.64. The Hall–Kier alpha value is -2.76. The van der Waals surface area contributed by atoms with Gasteiger partial charge >= 0.3 is 0 Å². The number of fused-ring (bicyclic) bond motifs is 1. The maximum Gasteiger partial charge on any atom is 0.265 e. The number of nitrogens with one attached hydrogen (secondary N) is 1. The van der Waals surface area contributed by atoms with Crippen molar-refractivity contribution in [2.75, 3.05) is 6.54 Å². The van der Waals surface area contributed by atoms with Crippen molar-refractivity contribution >= 4 is 46.6 Å². The number of amides is 2. The highest BCUT2D eigenvalue weighted by atomic mass is 32.1. The van der Waals surface area contributed by atoms with E-state index >= 15 is 0 Å². The van der Waals surface area contributed by atoms with Crippen LogP contribution in [0.4, 0.5) is 0 Å². The van der Waals surface area contributed by atoms with E-state index in [0.29, 0.717) is 6.54 Å². The maximum absolute atomic E-state index is 12.7. The first-order valence-corrected chi connectivity index (χ1v) is 11.2. The monoisotopic (exact) mass is 438 g/mol. The summed E-state index contributed by atoms with van der Waals surface area (Å²) in [6, 6.07) is 4.36. The highest BCUT2D eigenvalue weighted by Gasteiger charge is 2.33. The summed E-state index contributed by atoms with van der Waals surface area (Å²) in [5, 5.41) is 13.5. The summed E-state index contributed by atoms with van der Waals surface area (Å²) in [5.74, 6) is -0.871. The Morgan fingerprint density at radius 2 is 2.03 bits per heavy atom. The number of nitriles is 1. The number of aromatic nitrogens is 1. The van der Waals surface area contributed by atoms with Crippen molar-refractivity contribution in [3.63, 3.8) is 0 Å². The Bertz CT molecular complexity index is 1160. The molecule has 6 nitrogen and oxygen atoms in total. The standard InChI is InChI=1S/C22H22N4O2S2/c1-4-25-20(28)16(19(27)24-22(25)29)10-14-9-12(2)26(13(14)3)21-17(11-23)15-7-5-6-8-18(15)30-21/h9-10H,4-8H2,1-3H3,(H,24,27,29)/b16-10+. The first-order chi connectivity index (χ1) is 14.4. The van der Waals surface area contributed by atoms with Crippen molar-refractivity contribution in [3.05, 3.63) is 44.6 Å². The topological polar surface area (TPSA) is 78.1 Å². The number of rotatable bonds is 3. The van der Waals surface area contributed by atoms with Crippen LogP contribution in [0.5, 0.6) is 0 Å². The molecule has 2 aromatic heterocycles. The van der Waals surface area contributed by atoms with E-state index in [0.717, 1.165) is 53.2 Å². The number of carbonyl (C=O) groups is 2. The highest BCUT2D eigenvalue weighted by Crippen LogP contribution is 2.38. The number of aryl methyl sites for hydroxylation is 2. The van der Waals surface area contributed by atoms with Gasteiger partial charge < -0.3 is 4.57 Å². The molecule has 0 spiro atoms. The van der Waals surface area contributed by atoms with Crippen LogP contribution in [0.25, 0.3) is 11.1 Å². The molecular weight excluding hydrogens is 416 g/mol. The van der Waals surface area contributed by atoms with Gasteiger partial charge in [-0.2, -0.15) is 5.26 Å². The van der Waals surface area contributed by atoms with Crippen LogP contribution in [-0.2, 0) is 22.4 Å². The molecule has 2 amide bonds. The smallest absolute Gasteiger partial charge is 0.265 e. The summed E-state index contributed by atoms with van der Waals surface area (Å²) < 4.78 is 2.07. The van der Waals surface area contributed by atoms with Crippen molar-refractivity contribution in [3.8, 4) is 11.1 Å². The molecule has 0 bridgehead atoms. The molecule has 2 aliphatic rings. The first kappa shape index (κ1) is 20.5. The second-order valence-corrected chi connectivity index (χ2v) is 9.00. The Labute approximate surface area is 184 Å². The number of hydrogen-bond donors (Lipinski definition) is 1. The van der Waals surface area contributed by atoms with E-state index in [2.05, 4.69) is 16.0 Å². The maximum atomic E-state index is 12.7. The number of thiocarbonyl (C=S) groups is 1. The lowest BCUT2D eigenvalue weighted by Crippen LogP contribution is -2.53. The molecule has 1 saturated heterocycles. The number of nitrogens with zero attached hydrogens (tertiary/aromatic N) is 3. The SMILES string of the molecule is CCN1C(=O)/C(=C/c2cc(C)n(-c3sc4c(c3C#N)CCCC4)c2C)C(=O)NC1=S. The zero-order valence-corrected chi connectivity index (χ0v) is 18.8. The molecule has 0 radical (unpaired) electrons. The lowest BCUT2D eigenvalue weighted by atomic mass is 9.96. The van der Waals surface area contributed by atoms with Crippen molar-refractivity contribution in [2.45, 2.75) is 46.5 Å². The van der Waals surface area contributed by atoms with E-state index in [9.17, 15) is 14.9 Å². The Morgan fingerprint density at radius 3 is 2.73 bits per heavy atom. The molecule has 154 valence electrons. The van der Waals surface area contributed by atoms with Crippen molar-refractivity contribution in [1.29, 1.82) is 5.26 Å². The van der Waals surface area contributed by atoms with Crippen LogP contribution in [0.2, 0.25) is 0 Å². The van der Waals surface area contributed by atoms with Gasteiger partial charge in [0, 0.05) is 22.8 Å². The largest absolute Gasteiger partial charge is 0.308 e. The molecule has 1 aliphatic carbocycles. The number of thiophene rings is 1. The molecule has 1 N–H and O–H groups in total. The molecule has 0 atom stereocenters. The van der Waals surface area contributed by atoms with Gasteiger partial charge in [-0.15, -0.1) is 11.3 Å². The van der Waals surface area contributed by atoms with E-state index in [1.807, 2.05) is 26.8 Å².